The maximum Gasteiger partial charge on any atom is 0.315 e. The lowest BCUT2D eigenvalue weighted by molar-refractivity contribution is 0.233. The number of carbonyl (C=O) groups excluding carboxylic acids is 1. The van der Waals surface area contributed by atoms with Crippen molar-refractivity contribution in [3.05, 3.63) is 29.8 Å². The normalized spacial score (nSPS) is 19.2. The number of hydrogen-bond acceptors (Lipinski definition) is 3. The molecular weight excluding hydrogens is 302 g/mol. The molecule has 22 heavy (non-hydrogen) atoms. The molecule has 2 unspecified atom stereocenters. The van der Waals surface area contributed by atoms with Gasteiger partial charge in [-0.05, 0) is 31.4 Å². The van der Waals surface area contributed by atoms with Crippen molar-refractivity contribution in [1.29, 1.82) is 0 Å². The molecule has 0 aliphatic carbocycles. The fraction of sp³-hybridized carbons (Fsp3) is 0.533. The van der Waals surface area contributed by atoms with Crippen LogP contribution in [0.1, 0.15) is 38.3 Å². The van der Waals surface area contributed by atoms with E-state index in [0.29, 0.717) is 18.7 Å². The Labute approximate surface area is 131 Å². The van der Waals surface area contributed by atoms with Crippen molar-refractivity contribution in [2.24, 2.45) is 0 Å². The van der Waals surface area contributed by atoms with Crippen LogP contribution < -0.4 is 14.9 Å². The van der Waals surface area contributed by atoms with Gasteiger partial charge in [-0.1, -0.05) is 25.1 Å². The van der Waals surface area contributed by atoms with Gasteiger partial charge in [-0.25, -0.2) is 13.2 Å². The van der Waals surface area contributed by atoms with E-state index in [-0.39, 0.29) is 18.1 Å². The molecule has 0 fully saturated rings. The SMILES string of the molecule is CCC(C)NC(=O)NC1CCN(S(C)(=O)=O)c2ccccc21. The molecule has 0 aromatic heterocycles. The van der Waals surface area contributed by atoms with E-state index in [2.05, 4.69) is 10.6 Å². The Balaban J connectivity index is 2.20. The van der Waals surface area contributed by atoms with Crippen LogP contribution in [0.25, 0.3) is 0 Å². The molecule has 1 aliphatic heterocycles. The fourth-order valence-corrected chi connectivity index (χ4v) is 3.51. The molecule has 0 saturated carbocycles. The van der Waals surface area contributed by atoms with Gasteiger partial charge in [0.15, 0.2) is 0 Å². The van der Waals surface area contributed by atoms with Crippen molar-refractivity contribution < 1.29 is 13.2 Å². The summed E-state index contributed by atoms with van der Waals surface area (Å²) in [4.78, 5) is 12.0. The highest BCUT2D eigenvalue weighted by atomic mass is 32.2. The molecule has 1 heterocycles. The summed E-state index contributed by atoms with van der Waals surface area (Å²) in [5.74, 6) is 0. The molecule has 7 heteroatoms. The van der Waals surface area contributed by atoms with Crippen LogP contribution in [0.3, 0.4) is 0 Å². The first-order valence-electron chi connectivity index (χ1n) is 7.46. The molecule has 0 bridgehead atoms. The van der Waals surface area contributed by atoms with Gasteiger partial charge in [0.2, 0.25) is 10.0 Å². The molecule has 2 N–H and O–H groups in total. The first-order chi connectivity index (χ1) is 10.3. The summed E-state index contributed by atoms with van der Waals surface area (Å²) in [6.07, 6.45) is 2.61. The van der Waals surface area contributed by atoms with E-state index < -0.39 is 10.0 Å². The van der Waals surface area contributed by atoms with Crippen LogP contribution in [-0.2, 0) is 10.0 Å². The van der Waals surface area contributed by atoms with Gasteiger partial charge in [-0.15, -0.1) is 0 Å². The summed E-state index contributed by atoms with van der Waals surface area (Å²) < 4.78 is 25.2. The highest BCUT2D eigenvalue weighted by Crippen LogP contribution is 2.34. The van der Waals surface area contributed by atoms with Crippen LogP contribution in [0.2, 0.25) is 0 Å². The summed E-state index contributed by atoms with van der Waals surface area (Å²) in [5.41, 5.74) is 1.48. The Kier molecular flexibility index (Phi) is 4.95. The largest absolute Gasteiger partial charge is 0.336 e. The van der Waals surface area contributed by atoms with Crippen LogP contribution in [0.4, 0.5) is 10.5 Å². The number of sulfonamides is 1. The van der Waals surface area contributed by atoms with Gasteiger partial charge in [-0.3, -0.25) is 4.31 Å². The molecule has 2 amide bonds. The van der Waals surface area contributed by atoms with Gasteiger partial charge in [0.05, 0.1) is 18.0 Å². The molecule has 6 nitrogen and oxygen atoms in total. The van der Waals surface area contributed by atoms with Gasteiger partial charge in [0.1, 0.15) is 0 Å². The van der Waals surface area contributed by atoms with Gasteiger partial charge in [0.25, 0.3) is 0 Å². The van der Waals surface area contributed by atoms with Crippen LogP contribution in [0.5, 0.6) is 0 Å². The predicted octanol–water partition coefficient (Wildman–Crippen LogP) is 2.00. The maximum absolute atomic E-state index is 12.0. The number of anilines is 1. The Morgan fingerprint density at radius 1 is 1.41 bits per heavy atom. The summed E-state index contributed by atoms with van der Waals surface area (Å²) >= 11 is 0. The number of fused-ring (bicyclic) bond motifs is 1. The van der Waals surface area contributed by atoms with E-state index in [1.807, 2.05) is 26.0 Å². The summed E-state index contributed by atoms with van der Waals surface area (Å²) in [5, 5.41) is 5.81. The minimum Gasteiger partial charge on any atom is -0.336 e. The molecule has 1 aliphatic rings. The number of para-hydroxylation sites is 1. The first-order valence-corrected chi connectivity index (χ1v) is 9.31. The summed E-state index contributed by atoms with van der Waals surface area (Å²) in [6.45, 7) is 4.31. The standard InChI is InChI=1S/C15H23N3O3S/c1-4-11(2)16-15(19)17-13-9-10-18(22(3,20)21)14-8-6-5-7-12(13)14/h5-8,11,13H,4,9-10H2,1-3H3,(H2,16,17,19). The van der Waals surface area contributed by atoms with Crippen molar-refractivity contribution >= 4 is 21.7 Å². The number of hydrogen-bond donors (Lipinski definition) is 2. The van der Waals surface area contributed by atoms with Gasteiger partial charge in [0, 0.05) is 12.6 Å². The van der Waals surface area contributed by atoms with Crippen molar-refractivity contribution in [1.82, 2.24) is 10.6 Å². The molecular formula is C15H23N3O3S. The summed E-state index contributed by atoms with van der Waals surface area (Å²) in [6, 6.07) is 6.99. The zero-order chi connectivity index (χ0) is 16.3. The number of nitrogens with one attached hydrogen (secondary N) is 2. The Hall–Kier alpha value is -1.76. The lowest BCUT2D eigenvalue weighted by Gasteiger charge is -2.34. The number of carbonyl (C=O) groups is 1. The summed E-state index contributed by atoms with van der Waals surface area (Å²) in [7, 11) is -3.31. The smallest absolute Gasteiger partial charge is 0.315 e. The van der Waals surface area contributed by atoms with Crippen molar-refractivity contribution in [3.63, 3.8) is 0 Å². The second-order valence-electron chi connectivity index (χ2n) is 5.66. The van der Waals surface area contributed by atoms with E-state index in [4.69, 9.17) is 0 Å². The third kappa shape index (κ3) is 3.71. The average molecular weight is 325 g/mol. The van der Waals surface area contributed by atoms with Gasteiger partial charge < -0.3 is 10.6 Å². The van der Waals surface area contributed by atoms with E-state index in [1.54, 1.807) is 12.1 Å². The third-order valence-corrected chi connectivity index (χ3v) is 5.08. The van der Waals surface area contributed by atoms with Crippen molar-refractivity contribution in [3.8, 4) is 0 Å². The number of urea groups is 1. The molecule has 1 aromatic carbocycles. The fourth-order valence-electron chi connectivity index (χ4n) is 2.55. The number of amides is 2. The Morgan fingerprint density at radius 3 is 2.73 bits per heavy atom. The van der Waals surface area contributed by atoms with Crippen molar-refractivity contribution in [2.75, 3.05) is 17.1 Å². The van der Waals surface area contributed by atoms with Gasteiger partial charge >= 0.3 is 6.03 Å². The van der Waals surface area contributed by atoms with E-state index in [9.17, 15) is 13.2 Å². The molecule has 0 spiro atoms. The van der Waals surface area contributed by atoms with Crippen LogP contribution in [-0.4, -0.2) is 33.3 Å². The number of nitrogens with zero attached hydrogens (tertiary/aromatic N) is 1. The second kappa shape index (κ2) is 6.56. The van der Waals surface area contributed by atoms with Crippen LogP contribution in [0.15, 0.2) is 24.3 Å². The highest BCUT2D eigenvalue weighted by molar-refractivity contribution is 7.92. The zero-order valence-corrected chi connectivity index (χ0v) is 14.0. The molecule has 0 saturated heterocycles. The second-order valence-corrected chi connectivity index (χ2v) is 7.57. The number of benzene rings is 1. The minimum atomic E-state index is -3.31. The quantitative estimate of drug-likeness (QED) is 0.888. The lowest BCUT2D eigenvalue weighted by Crippen LogP contribution is -2.45. The first kappa shape index (κ1) is 16.6. The third-order valence-electron chi connectivity index (χ3n) is 3.90. The molecule has 0 radical (unpaired) electrons. The molecule has 1 aromatic rings. The predicted molar refractivity (Wildman–Crippen MR) is 87.4 cm³/mol. The molecule has 2 atom stereocenters. The van der Waals surface area contributed by atoms with Crippen molar-refractivity contribution in [2.45, 2.75) is 38.8 Å². The van der Waals surface area contributed by atoms with Crippen LogP contribution in [0, 0.1) is 0 Å². The Bertz CT molecular complexity index is 645. The minimum absolute atomic E-state index is 0.103. The lowest BCUT2D eigenvalue weighted by atomic mass is 9.98. The van der Waals surface area contributed by atoms with Gasteiger partial charge in [-0.2, -0.15) is 0 Å². The highest BCUT2D eigenvalue weighted by Gasteiger charge is 2.30. The zero-order valence-electron chi connectivity index (χ0n) is 13.2. The topological polar surface area (TPSA) is 78.5 Å². The molecule has 2 rings (SSSR count). The maximum atomic E-state index is 12.0. The molecule has 122 valence electrons. The average Bonchev–Trinajstić information content (AvgIpc) is 2.46. The number of rotatable bonds is 4. The van der Waals surface area contributed by atoms with Crippen LogP contribution >= 0.6 is 0 Å². The van der Waals surface area contributed by atoms with E-state index in [1.165, 1.54) is 10.6 Å². The Morgan fingerprint density at radius 2 is 2.09 bits per heavy atom. The van der Waals surface area contributed by atoms with E-state index in [0.717, 1.165) is 12.0 Å². The monoisotopic (exact) mass is 325 g/mol. The van der Waals surface area contributed by atoms with E-state index >= 15 is 0 Å².